The lowest BCUT2D eigenvalue weighted by Crippen LogP contribution is -2.32. The van der Waals surface area contributed by atoms with Crippen molar-refractivity contribution >= 4 is 0 Å². The van der Waals surface area contributed by atoms with Gasteiger partial charge in [0, 0.05) is 6.54 Å². The second-order valence-corrected chi connectivity index (χ2v) is 3.06. The molecule has 1 heterocycles. The van der Waals surface area contributed by atoms with Crippen LogP contribution in [0.4, 0.5) is 13.2 Å². The average Bonchev–Trinajstić information content (AvgIpc) is 2.64. The summed E-state index contributed by atoms with van der Waals surface area (Å²) in [7, 11) is 0. The molecule has 2 atom stereocenters. The minimum Gasteiger partial charge on any atom is -0.467 e. The number of rotatable bonds is 4. The molecule has 0 aliphatic heterocycles. The van der Waals surface area contributed by atoms with E-state index in [1.165, 1.54) is 12.3 Å². The van der Waals surface area contributed by atoms with Crippen LogP contribution in [-0.4, -0.2) is 18.8 Å². The van der Waals surface area contributed by atoms with Gasteiger partial charge in [-0.3, -0.25) is 0 Å². The summed E-state index contributed by atoms with van der Waals surface area (Å²) in [5.74, 6) is 0.300. The molecule has 0 saturated carbocycles. The Bertz CT molecular complexity index is 284. The third-order valence-corrected chi connectivity index (χ3v) is 1.90. The number of alkyl halides is 3. The summed E-state index contributed by atoms with van der Waals surface area (Å²) < 4.78 is 46.3. The molecule has 0 amide bonds. The Morgan fingerprint density at radius 3 is 2.60 bits per heavy atom. The molecule has 0 fully saturated rings. The Labute approximate surface area is 85.0 Å². The highest BCUT2D eigenvalue weighted by Gasteiger charge is 2.38. The van der Waals surface area contributed by atoms with Gasteiger partial charge in [0.1, 0.15) is 11.9 Å². The van der Waals surface area contributed by atoms with Gasteiger partial charge < -0.3 is 14.9 Å². The summed E-state index contributed by atoms with van der Waals surface area (Å²) in [6.45, 7) is 0.875. The van der Waals surface area contributed by atoms with E-state index in [1.54, 1.807) is 6.07 Å². The summed E-state index contributed by atoms with van der Waals surface area (Å²) >= 11 is 0. The fraction of sp³-hybridized carbons (Fsp3) is 0.556. The highest BCUT2D eigenvalue weighted by atomic mass is 19.4. The number of hydrogen-bond donors (Lipinski definition) is 1. The van der Waals surface area contributed by atoms with Crippen molar-refractivity contribution in [2.75, 3.05) is 6.54 Å². The minimum absolute atomic E-state index is 0.0616. The molecule has 15 heavy (non-hydrogen) atoms. The van der Waals surface area contributed by atoms with Gasteiger partial charge in [-0.15, -0.1) is 0 Å². The Morgan fingerprint density at radius 1 is 1.53 bits per heavy atom. The maximum absolute atomic E-state index is 12.2. The highest BCUT2D eigenvalue weighted by Crippen LogP contribution is 2.27. The first-order chi connectivity index (χ1) is 6.95. The van der Waals surface area contributed by atoms with E-state index in [4.69, 9.17) is 14.9 Å². The van der Waals surface area contributed by atoms with Crippen molar-refractivity contribution < 1.29 is 22.3 Å². The average molecular weight is 223 g/mol. The molecule has 1 aromatic rings. The van der Waals surface area contributed by atoms with Crippen molar-refractivity contribution in [2.24, 2.45) is 5.73 Å². The lowest BCUT2D eigenvalue weighted by atomic mass is 10.2. The molecule has 2 unspecified atom stereocenters. The van der Waals surface area contributed by atoms with Crippen LogP contribution in [0.3, 0.4) is 0 Å². The summed E-state index contributed by atoms with van der Waals surface area (Å²) in [5, 5.41) is 0. The molecule has 0 aliphatic rings. The van der Waals surface area contributed by atoms with E-state index in [9.17, 15) is 13.2 Å². The van der Waals surface area contributed by atoms with Crippen molar-refractivity contribution in [3.05, 3.63) is 24.2 Å². The second-order valence-electron chi connectivity index (χ2n) is 3.06. The normalized spacial score (nSPS) is 16.3. The van der Waals surface area contributed by atoms with Gasteiger partial charge in [0.2, 0.25) is 0 Å². The van der Waals surface area contributed by atoms with Crippen molar-refractivity contribution in [3.8, 4) is 0 Å². The molecule has 0 bridgehead atoms. The molecule has 1 aromatic heterocycles. The minimum atomic E-state index is -4.39. The largest absolute Gasteiger partial charge is 0.467 e. The number of ether oxygens (including phenoxy) is 1. The summed E-state index contributed by atoms with van der Waals surface area (Å²) in [4.78, 5) is 0. The van der Waals surface area contributed by atoms with E-state index in [2.05, 4.69) is 0 Å². The molecule has 0 aliphatic carbocycles. The fourth-order valence-electron chi connectivity index (χ4n) is 1.04. The molecule has 1 rings (SSSR count). The van der Waals surface area contributed by atoms with E-state index < -0.39 is 18.4 Å². The van der Waals surface area contributed by atoms with Gasteiger partial charge in [-0.05, 0) is 19.1 Å². The van der Waals surface area contributed by atoms with E-state index in [1.807, 2.05) is 0 Å². The molecular formula is C9H12F3NO2. The third kappa shape index (κ3) is 3.24. The number of hydrogen-bond acceptors (Lipinski definition) is 3. The maximum Gasteiger partial charge on any atom is 0.414 e. The number of nitrogens with two attached hydrogens (primary N) is 1. The van der Waals surface area contributed by atoms with Crippen LogP contribution < -0.4 is 5.73 Å². The Kier molecular flexibility index (Phi) is 3.76. The molecule has 3 nitrogen and oxygen atoms in total. The first-order valence-electron chi connectivity index (χ1n) is 4.40. The topological polar surface area (TPSA) is 48.4 Å². The quantitative estimate of drug-likeness (QED) is 0.851. The van der Waals surface area contributed by atoms with E-state index in [0.717, 1.165) is 6.92 Å². The zero-order chi connectivity index (χ0) is 11.5. The lowest BCUT2D eigenvalue weighted by Gasteiger charge is -2.21. The molecular weight excluding hydrogens is 211 g/mol. The van der Waals surface area contributed by atoms with Crippen LogP contribution in [0.2, 0.25) is 0 Å². The fourth-order valence-corrected chi connectivity index (χ4v) is 1.04. The van der Waals surface area contributed by atoms with E-state index in [0.29, 0.717) is 5.76 Å². The van der Waals surface area contributed by atoms with E-state index in [-0.39, 0.29) is 6.54 Å². The van der Waals surface area contributed by atoms with Crippen LogP contribution in [0.1, 0.15) is 18.8 Å². The van der Waals surface area contributed by atoms with Crippen LogP contribution in [0.5, 0.6) is 0 Å². The van der Waals surface area contributed by atoms with Gasteiger partial charge in [0.05, 0.1) is 6.26 Å². The van der Waals surface area contributed by atoms with Crippen LogP contribution in [-0.2, 0) is 4.74 Å². The molecule has 86 valence electrons. The maximum atomic E-state index is 12.2. The van der Waals surface area contributed by atoms with Crippen molar-refractivity contribution in [1.29, 1.82) is 0 Å². The van der Waals surface area contributed by atoms with Crippen LogP contribution >= 0.6 is 0 Å². The summed E-state index contributed by atoms with van der Waals surface area (Å²) in [6.07, 6.45) is -5.76. The zero-order valence-electron chi connectivity index (χ0n) is 8.12. The molecule has 0 aromatic carbocycles. The van der Waals surface area contributed by atoms with Gasteiger partial charge >= 0.3 is 6.18 Å². The van der Waals surface area contributed by atoms with Crippen molar-refractivity contribution in [2.45, 2.75) is 25.3 Å². The summed E-state index contributed by atoms with van der Waals surface area (Å²) in [6, 6.07) is 3.10. The molecule has 2 N–H and O–H groups in total. The SMILES string of the molecule is CC(OC(CN)c1ccco1)C(F)(F)F. The molecule has 6 heteroatoms. The highest BCUT2D eigenvalue weighted by molar-refractivity contribution is 5.02. The Morgan fingerprint density at radius 2 is 2.20 bits per heavy atom. The van der Waals surface area contributed by atoms with Crippen LogP contribution in [0.15, 0.2) is 22.8 Å². The van der Waals surface area contributed by atoms with Gasteiger partial charge in [-0.25, -0.2) is 0 Å². The Hall–Kier alpha value is -1.01. The smallest absolute Gasteiger partial charge is 0.414 e. The number of halogens is 3. The third-order valence-electron chi connectivity index (χ3n) is 1.90. The van der Waals surface area contributed by atoms with Crippen LogP contribution in [0.25, 0.3) is 0 Å². The predicted octanol–water partition coefficient (Wildman–Crippen LogP) is 2.25. The lowest BCUT2D eigenvalue weighted by molar-refractivity contribution is -0.228. The molecule has 0 spiro atoms. The first-order valence-corrected chi connectivity index (χ1v) is 4.40. The second kappa shape index (κ2) is 4.67. The van der Waals surface area contributed by atoms with E-state index >= 15 is 0 Å². The molecule has 0 radical (unpaired) electrons. The standard InChI is InChI=1S/C9H12F3NO2/c1-6(9(10,11)12)15-8(5-13)7-3-2-4-14-7/h2-4,6,8H,5,13H2,1H3. The van der Waals surface area contributed by atoms with Gasteiger partial charge in [-0.1, -0.05) is 0 Å². The van der Waals surface area contributed by atoms with Gasteiger partial charge in [0.25, 0.3) is 0 Å². The van der Waals surface area contributed by atoms with Crippen molar-refractivity contribution in [1.82, 2.24) is 0 Å². The predicted molar refractivity (Wildman–Crippen MR) is 47.1 cm³/mol. The first kappa shape index (κ1) is 12.1. The monoisotopic (exact) mass is 223 g/mol. The zero-order valence-corrected chi connectivity index (χ0v) is 8.12. The van der Waals surface area contributed by atoms with Gasteiger partial charge in [-0.2, -0.15) is 13.2 Å². The number of furan rings is 1. The Balaban J connectivity index is 2.63. The summed E-state index contributed by atoms with van der Waals surface area (Å²) in [5.41, 5.74) is 5.30. The van der Waals surface area contributed by atoms with Crippen molar-refractivity contribution in [3.63, 3.8) is 0 Å². The van der Waals surface area contributed by atoms with Gasteiger partial charge in [0.15, 0.2) is 6.10 Å². The van der Waals surface area contributed by atoms with Crippen LogP contribution in [0, 0.1) is 0 Å². The molecule has 0 saturated heterocycles.